The zero-order chi connectivity index (χ0) is 15.7. The van der Waals surface area contributed by atoms with Crippen molar-refractivity contribution in [3.05, 3.63) is 44.5 Å². The number of hydrogen-bond donors (Lipinski definition) is 1. The lowest BCUT2D eigenvalue weighted by Gasteiger charge is -2.14. The number of carboxylic acids is 1. The molecule has 0 amide bonds. The van der Waals surface area contributed by atoms with Gasteiger partial charge in [-0.05, 0) is 27.7 Å². The quantitative estimate of drug-likeness (QED) is 0.907. The second kappa shape index (κ2) is 5.51. The van der Waals surface area contributed by atoms with E-state index in [2.05, 4.69) is 10.1 Å². The fourth-order valence-corrected chi connectivity index (χ4v) is 2.32. The van der Waals surface area contributed by atoms with Gasteiger partial charge in [0.25, 0.3) is 0 Å². The summed E-state index contributed by atoms with van der Waals surface area (Å²) in [7, 11) is 0. The number of hydrogen-bond acceptors (Lipinski definition) is 5. The topological polar surface area (TPSA) is 98.2 Å². The van der Waals surface area contributed by atoms with E-state index >= 15 is 0 Å². The summed E-state index contributed by atoms with van der Waals surface area (Å²) < 4.78 is 6.54. The number of carboxylic acid groups (broad SMARTS) is 1. The van der Waals surface area contributed by atoms with Gasteiger partial charge in [-0.2, -0.15) is 4.98 Å². The summed E-state index contributed by atoms with van der Waals surface area (Å²) in [6.07, 6.45) is -0.160. The molecule has 0 saturated heterocycles. The molecule has 2 aromatic rings. The van der Waals surface area contributed by atoms with Gasteiger partial charge in [-0.3, -0.25) is 9.36 Å². The van der Waals surface area contributed by atoms with E-state index in [0.29, 0.717) is 28.4 Å². The van der Waals surface area contributed by atoms with E-state index in [1.54, 1.807) is 27.7 Å². The highest BCUT2D eigenvalue weighted by Gasteiger charge is 2.17. The molecule has 0 aromatic carbocycles. The highest BCUT2D eigenvalue weighted by molar-refractivity contribution is 5.70. The number of aromatic nitrogens is 3. The van der Waals surface area contributed by atoms with E-state index in [4.69, 9.17) is 9.63 Å². The fourth-order valence-electron chi connectivity index (χ4n) is 2.32. The van der Waals surface area contributed by atoms with Crippen molar-refractivity contribution in [2.75, 3.05) is 0 Å². The minimum atomic E-state index is -0.953. The van der Waals surface area contributed by atoms with Gasteiger partial charge in [0.2, 0.25) is 0 Å². The molecule has 2 rings (SSSR count). The molecule has 21 heavy (non-hydrogen) atoms. The predicted octanol–water partition coefficient (Wildman–Crippen LogP) is 1.14. The monoisotopic (exact) mass is 291 g/mol. The predicted molar refractivity (Wildman–Crippen MR) is 74.4 cm³/mol. The summed E-state index contributed by atoms with van der Waals surface area (Å²) in [5.41, 5.74) is 2.74. The molecule has 0 bridgehead atoms. The Morgan fingerprint density at radius 1 is 1.19 bits per heavy atom. The van der Waals surface area contributed by atoms with Crippen LogP contribution in [0.4, 0.5) is 0 Å². The third-order valence-corrected chi connectivity index (χ3v) is 3.60. The fraction of sp³-hybridized carbons (Fsp3) is 0.429. The van der Waals surface area contributed by atoms with Gasteiger partial charge in [-0.1, -0.05) is 5.16 Å². The van der Waals surface area contributed by atoms with E-state index in [0.717, 1.165) is 5.56 Å². The molecule has 0 aliphatic rings. The molecule has 0 atom stereocenters. The molecule has 0 aliphatic heterocycles. The first-order valence-electron chi connectivity index (χ1n) is 6.51. The lowest BCUT2D eigenvalue weighted by Crippen LogP contribution is -2.29. The first kappa shape index (κ1) is 15.0. The van der Waals surface area contributed by atoms with Gasteiger partial charge in [0.1, 0.15) is 5.76 Å². The highest BCUT2D eigenvalue weighted by atomic mass is 16.5. The molecule has 0 saturated carbocycles. The molecule has 0 radical (unpaired) electrons. The summed E-state index contributed by atoms with van der Waals surface area (Å²) in [5.74, 6) is -0.315. The Balaban J connectivity index is 2.54. The number of aryl methyl sites for hydroxylation is 3. The number of nitrogens with zero attached hydrogens (tertiary/aromatic N) is 3. The molecule has 0 unspecified atom stereocenters. The van der Waals surface area contributed by atoms with E-state index < -0.39 is 11.7 Å². The first-order chi connectivity index (χ1) is 9.81. The average molecular weight is 291 g/mol. The standard InChI is InChI=1S/C14H17N3O4/c1-7-11(5-13(18)19)9(3)17(14(20)15-7)6-12-8(2)16-21-10(12)4/h5-6H2,1-4H3,(H,18,19). The molecule has 1 N–H and O–H groups in total. The van der Waals surface area contributed by atoms with E-state index in [9.17, 15) is 9.59 Å². The van der Waals surface area contributed by atoms with Crippen LogP contribution in [0.1, 0.15) is 34.0 Å². The molecule has 0 aliphatic carbocycles. The molecule has 2 heterocycles. The lowest BCUT2D eigenvalue weighted by atomic mass is 10.1. The maximum Gasteiger partial charge on any atom is 0.348 e. The van der Waals surface area contributed by atoms with Gasteiger partial charge in [0.15, 0.2) is 0 Å². The van der Waals surface area contributed by atoms with Crippen molar-refractivity contribution < 1.29 is 14.4 Å². The zero-order valence-electron chi connectivity index (χ0n) is 12.4. The van der Waals surface area contributed by atoms with Crippen LogP contribution in [0.3, 0.4) is 0 Å². The Morgan fingerprint density at radius 3 is 2.38 bits per heavy atom. The van der Waals surface area contributed by atoms with Crippen molar-refractivity contribution in [1.82, 2.24) is 14.7 Å². The van der Waals surface area contributed by atoms with Crippen LogP contribution < -0.4 is 5.69 Å². The van der Waals surface area contributed by atoms with E-state index in [-0.39, 0.29) is 13.0 Å². The maximum absolute atomic E-state index is 12.1. The van der Waals surface area contributed by atoms with Crippen LogP contribution in [-0.4, -0.2) is 25.8 Å². The molecule has 0 fully saturated rings. The molecule has 7 nitrogen and oxygen atoms in total. The molecule has 7 heteroatoms. The summed E-state index contributed by atoms with van der Waals surface area (Å²) in [4.78, 5) is 27.0. The Labute approximate surface area is 121 Å². The Morgan fingerprint density at radius 2 is 1.86 bits per heavy atom. The van der Waals surface area contributed by atoms with Crippen LogP contribution in [-0.2, 0) is 17.8 Å². The van der Waals surface area contributed by atoms with Gasteiger partial charge in [0, 0.05) is 22.5 Å². The molecular formula is C14H17N3O4. The van der Waals surface area contributed by atoms with Crippen molar-refractivity contribution in [2.24, 2.45) is 0 Å². The van der Waals surface area contributed by atoms with Crippen LogP contribution in [0.15, 0.2) is 9.32 Å². The third-order valence-electron chi connectivity index (χ3n) is 3.60. The van der Waals surface area contributed by atoms with E-state index in [1.165, 1.54) is 4.57 Å². The van der Waals surface area contributed by atoms with Crippen LogP contribution in [0, 0.1) is 27.7 Å². The van der Waals surface area contributed by atoms with Gasteiger partial charge in [-0.25, -0.2) is 4.79 Å². The Bertz CT molecular complexity index is 739. The normalized spacial score (nSPS) is 10.9. The molecule has 2 aromatic heterocycles. The number of rotatable bonds is 4. The second-order valence-electron chi connectivity index (χ2n) is 5.00. The Hall–Kier alpha value is -2.44. The molecular weight excluding hydrogens is 274 g/mol. The number of aliphatic carboxylic acids is 1. The average Bonchev–Trinajstić information content (AvgIpc) is 2.70. The highest BCUT2D eigenvalue weighted by Crippen LogP contribution is 2.16. The van der Waals surface area contributed by atoms with Crippen molar-refractivity contribution in [2.45, 2.75) is 40.7 Å². The van der Waals surface area contributed by atoms with Crippen LogP contribution in [0.2, 0.25) is 0 Å². The maximum atomic E-state index is 12.1. The largest absolute Gasteiger partial charge is 0.481 e. The van der Waals surface area contributed by atoms with Gasteiger partial charge >= 0.3 is 11.7 Å². The van der Waals surface area contributed by atoms with Crippen molar-refractivity contribution in [1.29, 1.82) is 0 Å². The smallest absolute Gasteiger partial charge is 0.348 e. The number of carbonyl (C=O) groups is 1. The second-order valence-corrected chi connectivity index (χ2v) is 5.00. The van der Waals surface area contributed by atoms with Crippen molar-refractivity contribution >= 4 is 5.97 Å². The first-order valence-corrected chi connectivity index (χ1v) is 6.51. The van der Waals surface area contributed by atoms with Crippen LogP contribution in [0.5, 0.6) is 0 Å². The van der Waals surface area contributed by atoms with Crippen molar-refractivity contribution in [3.63, 3.8) is 0 Å². The van der Waals surface area contributed by atoms with E-state index in [1.807, 2.05) is 0 Å². The zero-order valence-corrected chi connectivity index (χ0v) is 12.4. The lowest BCUT2D eigenvalue weighted by molar-refractivity contribution is -0.136. The van der Waals surface area contributed by atoms with Crippen LogP contribution in [0.25, 0.3) is 0 Å². The van der Waals surface area contributed by atoms with Crippen molar-refractivity contribution in [3.8, 4) is 0 Å². The Kier molecular flexibility index (Phi) is 3.93. The summed E-state index contributed by atoms with van der Waals surface area (Å²) in [6, 6.07) is 0. The van der Waals surface area contributed by atoms with Gasteiger partial charge in [0.05, 0.1) is 18.7 Å². The summed E-state index contributed by atoms with van der Waals surface area (Å²) in [6.45, 7) is 7.21. The third kappa shape index (κ3) is 2.86. The summed E-state index contributed by atoms with van der Waals surface area (Å²) >= 11 is 0. The minimum absolute atomic E-state index is 0.160. The summed E-state index contributed by atoms with van der Waals surface area (Å²) in [5, 5.41) is 12.8. The minimum Gasteiger partial charge on any atom is -0.481 e. The van der Waals surface area contributed by atoms with Gasteiger partial charge < -0.3 is 9.63 Å². The SMILES string of the molecule is Cc1noc(C)c1Cn1c(C)c(CC(=O)O)c(C)nc1=O. The van der Waals surface area contributed by atoms with Crippen LogP contribution >= 0.6 is 0 Å². The molecule has 112 valence electrons. The van der Waals surface area contributed by atoms with Gasteiger partial charge in [-0.15, -0.1) is 0 Å². The molecule has 0 spiro atoms.